The number of nitrogens with zero attached hydrogens (tertiary/aromatic N) is 2. The summed E-state index contributed by atoms with van der Waals surface area (Å²) >= 11 is 0. The zero-order valence-corrected chi connectivity index (χ0v) is 15.2. The molecule has 0 spiro atoms. The van der Waals surface area contributed by atoms with Crippen LogP contribution in [0.3, 0.4) is 0 Å². The number of hydrogen-bond acceptors (Lipinski definition) is 3. The first-order valence-electron chi connectivity index (χ1n) is 8.78. The van der Waals surface area contributed by atoms with E-state index in [9.17, 15) is 0 Å². The fourth-order valence-electron chi connectivity index (χ4n) is 2.96. The molecule has 0 aliphatic carbocycles. The van der Waals surface area contributed by atoms with Gasteiger partial charge in [0.25, 0.3) is 0 Å². The lowest BCUT2D eigenvalue weighted by Crippen LogP contribution is -2.00. The molecule has 1 heterocycles. The van der Waals surface area contributed by atoms with Crippen LogP contribution in [0.4, 0.5) is 11.5 Å². The number of aromatic nitrogens is 2. The van der Waals surface area contributed by atoms with E-state index in [0.29, 0.717) is 0 Å². The first-order chi connectivity index (χ1) is 12.6. The van der Waals surface area contributed by atoms with Crippen LogP contribution in [0.1, 0.15) is 16.7 Å². The van der Waals surface area contributed by atoms with E-state index >= 15 is 0 Å². The van der Waals surface area contributed by atoms with Gasteiger partial charge in [-0.1, -0.05) is 48.0 Å². The Bertz CT molecular complexity index is 1080. The van der Waals surface area contributed by atoms with Crippen molar-refractivity contribution in [2.75, 3.05) is 5.32 Å². The average Bonchev–Trinajstić information content (AvgIpc) is 2.65. The second-order valence-corrected chi connectivity index (χ2v) is 6.70. The van der Waals surface area contributed by atoms with Crippen molar-refractivity contribution in [1.82, 2.24) is 9.97 Å². The average molecular weight is 339 g/mol. The van der Waals surface area contributed by atoms with Crippen LogP contribution in [0.5, 0.6) is 0 Å². The molecule has 0 fully saturated rings. The molecule has 0 radical (unpaired) electrons. The molecule has 26 heavy (non-hydrogen) atoms. The minimum Gasteiger partial charge on any atom is -0.340 e. The Labute approximate surface area is 153 Å². The molecule has 0 atom stereocenters. The Kier molecular flexibility index (Phi) is 4.13. The molecule has 0 amide bonds. The van der Waals surface area contributed by atoms with Crippen LogP contribution in [0.15, 0.2) is 66.7 Å². The van der Waals surface area contributed by atoms with Gasteiger partial charge in [0, 0.05) is 16.6 Å². The Balaban J connectivity index is 1.84. The summed E-state index contributed by atoms with van der Waals surface area (Å²) in [5.41, 5.74) is 6.75. The van der Waals surface area contributed by atoms with Crippen molar-refractivity contribution < 1.29 is 0 Å². The highest BCUT2D eigenvalue weighted by Crippen LogP contribution is 2.28. The summed E-state index contributed by atoms with van der Waals surface area (Å²) < 4.78 is 0. The largest absolute Gasteiger partial charge is 0.340 e. The maximum absolute atomic E-state index is 4.83. The molecule has 0 saturated carbocycles. The topological polar surface area (TPSA) is 37.8 Å². The van der Waals surface area contributed by atoms with Gasteiger partial charge in [-0.05, 0) is 56.2 Å². The number of para-hydroxylation sites is 1. The van der Waals surface area contributed by atoms with Crippen molar-refractivity contribution in [2.24, 2.45) is 0 Å². The van der Waals surface area contributed by atoms with Crippen molar-refractivity contribution in [1.29, 1.82) is 0 Å². The Morgan fingerprint density at radius 2 is 1.50 bits per heavy atom. The van der Waals surface area contributed by atoms with Crippen LogP contribution < -0.4 is 5.32 Å². The number of fused-ring (bicyclic) bond motifs is 1. The lowest BCUT2D eigenvalue weighted by atomic mass is 10.1. The maximum atomic E-state index is 4.83. The van der Waals surface area contributed by atoms with Crippen molar-refractivity contribution >= 4 is 22.4 Å². The summed E-state index contributed by atoms with van der Waals surface area (Å²) in [6.45, 7) is 6.32. The van der Waals surface area contributed by atoms with Gasteiger partial charge in [-0.3, -0.25) is 0 Å². The van der Waals surface area contributed by atoms with Crippen LogP contribution in [0.25, 0.3) is 22.3 Å². The minimum absolute atomic E-state index is 0.732. The first kappa shape index (κ1) is 16.3. The molecule has 3 heteroatoms. The van der Waals surface area contributed by atoms with E-state index in [1.165, 1.54) is 16.7 Å². The van der Waals surface area contributed by atoms with E-state index in [0.717, 1.165) is 33.8 Å². The Morgan fingerprint density at radius 1 is 0.731 bits per heavy atom. The number of anilines is 2. The van der Waals surface area contributed by atoms with Gasteiger partial charge in [0.2, 0.25) is 0 Å². The van der Waals surface area contributed by atoms with Crippen LogP contribution in [-0.4, -0.2) is 9.97 Å². The maximum Gasteiger partial charge on any atom is 0.162 e. The van der Waals surface area contributed by atoms with E-state index in [1.807, 2.05) is 18.2 Å². The lowest BCUT2D eigenvalue weighted by Gasteiger charge is -2.12. The van der Waals surface area contributed by atoms with Crippen LogP contribution >= 0.6 is 0 Å². The standard InChI is InChI=1S/C23H21N3/c1-15-8-11-18(12-9-15)22-25-21-7-5-4-6-20(21)23(26-22)24-19-13-10-16(2)17(3)14-19/h4-14H,1-3H3,(H,24,25,26). The van der Waals surface area contributed by atoms with E-state index in [1.54, 1.807) is 0 Å². The fourth-order valence-corrected chi connectivity index (χ4v) is 2.96. The second-order valence-electron chi connectivity index (χ2n) is 6.70. The predicted molar refractivity (Wildman–Crippen MR) is 109 cm³/mol. The smallest absolute Gasteiger partial charge is 0.162 e. The van der Waals surface area contributed by atoms with Gasteiger partial charge in [-0.25, -0.2) is 9.97 Å². The van der Waals surface area contributed by atoms with Crippen LogP contribution in [-0.2, 0) is 0 Å². The first-order valence-corrected chi connectivity index (χ1v) is 8.78. The highest BCUT2D eigenvalue weighted by Gasteiger charge is 2.10. The van der Waals surface area contributed by atoms with Crippen LogP contribution in [0, 0.1) is 20.8 Å². The monoisotopic (exact) mass is 339 g/mol. The lowest BCUT2D eigenvalue weighted by molar-refractivity contribution is 1.22. The number of hydrogen-bond donors (Lipinski definition) is 1. The molecule has 4 rings (SSSR count). The van der Waals surface area contributed by atoms with Gasteiger partial charge >= 0.3 is 0 Å². The summed E-state index contributed by atoms with van der Waals surface area (Å²) in [4.78, 5) is 9.58. The van der Waals surface area contributed by atoms with Crippen molar-refractivity contribution in [3.8, 4) is 11.4 Å². The molecule has 3 aromatic carbocycles. The van der Waals surface area contributed by atoms with E-state index in [4.69, 9.17) is 9.97 Å². The van der Waals surface area contributed by atoms with E-state index < -0.39 is 0 Å². The molecule has 0 aliphatic rings. The molecule has 1 aromatic heterocycles. The summed E-state index contributed by atoms with van der Waals surface area (Å²) in [7, 11) is 0. The second kappa shape index (κ2) is 6.60. The van der Waals surface area contributed by atoms with Crippen molar-refractivity contribution in [3.05, 3.63) is 83.4 Å². The molecule has 0 saturated heterocycles. The highest BCUT2D eigenvalue weighted by molar-refractivity contribution is 5.92. The summed E-state index contributed by atoms with van der Waals surface area (Å²) in [6, 6.07) is 22.8. The SMILES string of the molecule is Cc1ccc(-c2nc(Nc3ccc(C)c(C)c3)c3ccccc3n2)cc1. The van der Waals surface area contributed by atoms with Crippen molar-refractivity contribution in [2.45, 2.75) is 20.8 Å². The van der Waals surface area contributed by atoms with Crippen molar-refractivity contribution in [3.63, 3.8) is 0 Å². The third-order valence-electron chi connectivity index (χ3n) is 4.68. The van der Waals surface area contributed by atoms with Gasteiger partial charge in [0.05, 0.1) is 5.52 Å². The van der Waals surface area contributed by atoms with Gasteiger partial charge in [0.15, 0.2) is 5.82 Å². The minimum atomic E-state index is 0.732. The Hall–Kier alpha value is -3.20. The zero-order valence-electron chi connectivity index (χ0n) is 15.2. The number of rotatable bonds is 3. The number of aryl methyl sites for hydroxylation is 3. The molecule has 0 aliphatic heterocycles. The normalized spacial score (nSPS) is 10.9. The van der Waals surface area contributed by atoms with E-state index in [2.05, 4.69) is 74.6 Å². The number of benzene rings is 3. The third kappa shape index (κ3) is 3.16. The molecule has 0 bridgehead atoms. The number of nitrogens with one attached hydrogen (secondary N) is 1. The van der Waals surface area contributed by atoms with Gasteiger partial charge in [-0.2, -0.15) is 0 Å². The van der Waals surface area contributed by atoms with Crippen LogP contribution in [0.2, 0.25) is 0 Å². The van der Waals surface area contributed by atoms with Gasteiger partial charge < -0.3 is 5.32 Å². The molecule has 3 nitrogen and oxygen atoms in total. The highest BCUT2D eigenvalue weighted by atomic mass is 15.0. The van der Waals surface area contributed by atoms with Gasteiger partial charge in [0.1, 0.15) is 5.82 Å². The molecule has 1 N–H and O–H groups in total. The van der Waals surface area contributed by atoms with Gasteiger partial charge in [-0.15, -0.1) is 0 Å². The zero-order chi connectivity index (χ0) is 18.1. The fraction of sp³-hybridized carbons (Fsp3) is 0.130. The molecule has 4 aromatic rings. The molecular formula is C23H21N3. The third-order valence-corrected chi connectivity index (χ3v) is 4.68. The molecule has 128 valence electrons. The molecular weight excluding hydrogens is 318 g/mol. The summed E-state index contributed by atoms with van der Waals surface area (Å²) in [5.74, 6) is 1.56. The molecule has 0 unspecified atom stereocenters. The quantitative estimate of drug-likeness (QED) is 0.500. The van der Waals surface area contributed by atoms with E-state index in [-0.39, 0.29) is 0 Å². The predicted octanol–water partition coefficient (Wildman–Crippen LogP) is 5.97. The summed E-state index contributed by atoms with van der Waals surface area (Å²) in [5, 5.41) is 4.50. The summed E-state index contributed by atoms with van der Waals surface area (Å²) in [6.07, 6.45) is 0. The Morgan fingerprint density at radius 3 is 2.27 bits per heavy atom.